The molecule has 8 heteroatoms. The van der Waals surface area contributed by atoms with Crippen LogP contribution in [-0.4, -0.2) is 37.4 Å². The second kappa shape index (κ2) is 6.68. The Morgan fingerprint density at radius 3 is 2.50 bits per heavy atom. The highest BCUT2D eigenvalue weighted by Crippen LogP contribution is 2.33. The fraction of sp³-hybridized carbons (Fsp3) is 0.625. The van der Waals surface area contributed by atoms with Gasteiger partial charge >= 0.3 is 0 Å². The third kappa shape index (κ3) is 3.54. The first kappa shape index (κ1) is 17.2. The summed E-state index contributed by atoms with van der Waals surface area (Å²) in [5.41, 5.74) is 4.98. The zero-order valence-corrected chi connectivity index (χ0v) is 14.2. The molecule has 1 atom stereocenters. The molecule has 1 unspecified atom stereocenters. The molecule has 0 spiro atoms. The number of carbonyl (C=O) groups excluding carboxylic acids is 1. The van der Waals surface area contributed by atoms with Gasteiger partial charge in [-0.15, -0.1) is 0 Å². The van der Waals surface area contributed by atoms with E-state index in [1.807, 2.05) is 0 Å². The van der Waals surface area contributed by atoms with Gasteiger partial charge < -0.3 is 15.0 Å². The topological polar surface area (TPSA) is 108 Å². The molecule has 1 aromatic rings. The summed E-state index contributed by atoms with van der Waals surface area (Å²) in [7, 11) is -3.42. The van der Waals surface area contributed by atoms with Crippen LogP contribution < -0.4 is 11.3 Å². The van der Waals surface area contributed by atoms with Gasteiger partial charge in [-0.05, 0) is 44.1 Å². The van der Waals surface area contributed by atoms with E-state index in [9.17, 15) is 18.0 Å². The predicted molar refractivity (Wildman–Crippen MR) is 87.3 cm³/mol. The van der Waals surface area contributed by atoms with E-state index < -0.39 is 27.3 Å². The molecule has 2 aliphatic rings. The first-order chi connectivity index (χ1) is 11.4. The van der Waals surface area contributed by atoms with Crippen LogP contribution in [0.3, 0.4) is 0 Å². The Labute approximate surface area is 140 Å². The fourth-order valence-corrected chi connectivity index (χ4v) is 4.80. The molecule has 2 fully saturated rings. The van der Waals surface area contributed by atoms with Crippen molar-refractivity contribution in [3.05, 3.63) is 28.7 Å². The van der Waals surface area contributed by atoms with Crippen molar-refractivity contribution in [2.75, 3.05) is 13.2 Å². The second-order valence-corrected chi connectivity index (χ2v) is 8.79. The van der Waals surface area contributed by atoms with E-state index in [0.29, 0.717) is 32.5 Å². The summed E-state index contributed by atoms with van der Waals surface area (Å²) < 4.78 is 31.0. The molecule has 132 valence electrons. The third-order valence-electron chi connectivity index (χ3n) is 4.77. The Morgan fingerprint density at radius 1 is 1.29 bits per heavy atom. The summed E-state index contributed by atoms with van der Waals surface area (Å²) in [6.45, 7) is 1.28. The standard InChI is InChI=1S/C16H22N2O5S/c17-16(20)14(9-11-4-7-23-8-5-11)18-6-3-13(10-15(18)19)24(21,22)12-1-2-12/h3,6,10-12,14H,1-2,4-5,7-9H2,(H2,17,20). The van der Waals surface area contributed by atoms with Crippen molar-refractivity contribution in [3.63, 3.8) is 0 Å². The van der Waals surface area contributed by atoms with E-state index in [1.54, 1.807) is 0 Å². The maximum atomic E-state index is 12.4. The minimum atomic E-state index is -3.42. The van der Waals surface area contributed by atoms with Crippen molar-refractivity contribution in [3.8, 4) is 0 Å². The maximum absolute atomic E-state index is 12.4. The Hall–Kier alpha value is -1.67. The Kier molecular flexibility index (Phi) is 4.78. The summed E-state index contributed by atoms with van der Waals surface area (Å²) in [4.78, 5) is 24.3. The number of sulfone groups is 1. The highest BCUT2D eigenvalue weighted by atomic mass is 32.2. The van der Waals surface area contributed by atoms with E-state index in [1.165, 1.54) is 16.8 Å². The van der Waals surface area contributed by atoms with Gasteiger partial charge in [-0.25, -0.2) is 8.42 Å². The Balaban J connectivity index is 1.85. The first-order valence-corrected chi connectivity index (χ1v) is 9.77. The number of hydrogen-bond donors (Lipinski definition) is 1. The molecule has 1 amide bonds. The van der Waals surface area contributed by atoms with Gasteiger partial charge in [0.05, 0.1) is 10.1 Å². The Morgan fingerprint density at radius 2 is 1.96 bits per heavy atom. The SMILES string of the molecule is NC(=O)C(CC1CCOCC1)n1ccc(S(=O)(=O)C2CC2)cc1=O. The Bertz CT molecular complexity index is 776. The maximum Gasteiger partial charge on any atom is 0.252 e. The lowest BCUT2D eigenvalue weighted by molar-refractivity contribution is -0.122. The number of carbonyl (C=O) groups is 1. The summed E-state index contributed by atoms with van der Waals surface area (Å²) in [5, 5.41) is -0.373. The molecule has 0 radical (unpaired) electrons. The van der Waals surface area contributed by atoms with Crippen LogP contribution in [0, 0.1) is 5.92 Å². The van der Waals surface area contributed by atoms with Crippen LogP contribution in [0.1, 0.15) is 38.1 Å². The molecule has 24 heavy (non-hydrogen) atoms. The zero-order valence-electron chi connectivity index (χ0n) is 13.4. The van der Waals surface area contributed by atoms with Gasteiger partial charge in [0.1, 0.15) is 6.04 Å². The molecule has 2 N–H and O–H groups in total. The van der Waals surface area contributed by atoms with Crippen molar-refractivity contribution >= 4 is 15.7 Å². The van der Waals surface area contributed by atoms with Crippen LogP contribution in [0.2, 0.25) is 0 Å². The lowest BCUT2D eigenvalue weighted by Gasteiger charge is -2.26. The molecule has 1 saturated carbocycles. The van der Waals surface area contributed by atoms with E-state index in [-0.39, 0.29) is 16.1 Å². The lowest BCUT2D eigenvalue weighted by atomic mass is 9.92. The monoisotopic (exact) mass is 354 g/mol. The minimum absolute atomic E-state index is 0.0283. The molecule has 1 aromatic heterocycles. The minimum Gasteiger partial charge on any atom is -0.381 e. The smallest absolute Gasteiger partial charge is 0.252 e. The quantitative estimate of drug-likeness (QED) is 0.806. The molecule has 1 aliphatic heterocycles. The number of pyridine rings is 1. The number of nitrogens with zero attached hydrogens (tertiary/aromatic N) is 1. The largest absolute Gasteiger partial charge is 0.381 e. The van der Waals surface area contributed by atoms with Crippen LogP contribution in [0.15, 0.2) is 28.0 Å². The van der Waals surface area contributed by atoms with Crippen LogP contribution in [0.25, 0.3) is 0 Å². The molecule has 2 heterocycles. The summed E-state index contributed by atoms with van der Waals surface area (Å²) >= 11 is 0. The number of rotatable bonds is 6. The number of amides is 1. The van der Waals surface area contributed by atoms with Crippen LogP contribution in [0.5, 0.6) is 0 Å². The van der Waals surface area contributed by atoms with Gasteiger partial charge in [0, 0.05) is 25.5 Å². The van der Waals surface area contributed by atoms with E-state index in [4.69, 9.17) is 10.5 Å². The van der Waals surface area contributed by atoms with Crippen molar-refractivity contribution in [1.29, 1.82) is 0 Å². The number of aromatic nitrogens is 1. The second-order valence-electron chi connectivity index (χ2n) is 6.56. The third-order valence-corrected chi connectivity index (χ3v) is 7.03. The van der Waals surface area contributed by atoms with Gasteiger partial charge in [-0.1, -0.05) is 0 Å². The van der Waals surface area contributed by atoms with E-state index in [2.05, 4.69) is 0 Å². The van der Waals surface area contributed by atoms with Gasteiger partial charge in [0.25, 0.3) is 5.56 Å². The summed E-state index contributed by atoms with van der Waals surface area (Å²) in [5.74, 6) is -0.320. The highest BCUT2D eigenvalue weighted by Gasteiger charge is 2.37. The number of hydrogen-bond acceptors (Lipinski definition) is 5. The summed E-state index contributed by atoms with van der Waals surface area (Å²) in [6.07, 6.45) is 4.77. The lowest BCUT2D eigenvalue weighted by Crippen LogP contribution is -2.35. The van der Waals surface area contributed by atoms with Crippen LogP contribution >= 0.6 is 0 Å². The normalized spacial score (nSPS) is 20.7. The average Bonchev–Trinajstić information content (AvgIpc) is 3.39. The molecule has 0 aromatic carbocycles. The summed E-state index contributed by atoms with van der Waals surface area (Å²) in [6, 6.07) is 1.74. The van der Waals surface area contributed by atoms with Gasteiger partial charge in [-0.2, -0.15) is 0 Å². The van der Waals surface area contributed by atoms with Crippen molar-refractivity contribution in [2.24, 2.45) is 11.7 Å². The molecular formula is C16H22N2O5S. The van der Waals surface area contributed by atoms with Crippen molar-refractivity contribution < 1.29 is 17.9 Å². The fourth-order valence-electron chi connectivity index (χ4n) is 3.14. The van der Waals surface area contributed by atoms with E-state index in [0.717, 1.165) is 18.9 Å². The van der Waals surface area contributed by atoms with Crippen LogP contribution in [0.4, 0.5) is 0 Å². The van der Waals surface area contributed by atoms with Crippen LogP contribution in [-0.2, 0) is 19.4 Å². The highest BCUT2D eigenvalue weighted by molar-refractivity contribution is 7.92. The zero-order chi connectivity index (χ0) is 17.3. The van der Waals surface area contributed by atoms with E-state index >= 15 is 0 Å². The molecule has 7 nitrogen and oxygen atoms in total. The van der Waals surface area contributed by atoms with Gasteiger partial charge in [0.15, 0.2) is 9.84 Å². The van der Waals surface area contributed by atoms with Crippen molar-refractivity contribution in [1.82, 2.24) is 4.57 Å². The molecule has 0 bridgehead atoms. The van der Waals surface area contributed by atoms with Crippen molar-refractivity contribution in [2.45, 2.75) is 48.3 Å². The number of primary amides is 1. The molecular weight excluding hydrogens is 332 g/mol. The predicted octanol–water partition coefficient (Wildman–Crippen LogP) is 0.627. The molecule has 1 aliphatic carbocycles. The number of ether oxygens (including phenoxy) is 1. The first-order valence-electron chi connectivity index (χ1n) is 8.22. The number of nitrogens with two attached hydrogens (primary N) is 1. The molecule has 3 rings (SSSR count). The van der Waals surface area contributed by atoms with Gasteiger partial charge in [0.2, 0.25) is 5.91 Å². The molecule has 1 saturated heterocycles. The van der Waals surface area contributed by atoms with Gasteiger partial charge in [-0.3, -0.25) is 9.59 Å². The average molecular weight is 354 g/mol.